The molecule has 7 nitrogen and oxygen atoms in total. The molecule has 9 heteroatoms. The van der Waals surface area contributed by atoms with Gasteiger partial charge in [0.15, 0.2) is 10.1 Å². The molecule has 2 rings (SSSR count). The van der Waals surface area contributed by atoms with Gasteiger partial charge in [-0.15, -0.1) is 20.4 Å². The Morgan fingerprint density at radius 2 is 1.64 bits per heavy atom. The molecule has 0 fully saturated rings. The Morgan fingerprint density at radius 1 is 0.955 bits per heavy atom. The number of nitrogens with zero attached hydrogens (tertiary/aromatic N) is 7. The second kappa shape index (κ2) is 7.10. The SMILES string of the molecule is CC(C)N(c1nnc(/N=N/c2cnc(N(C)C)s2)s1)C(C)C. The van der Waals surface area contributed by atoms with Crippen LogP contribution in [-0.4, -0.2) is 41.4 Å². The summed E-state index contributed by atoms with van der Waals surface area (Å²) in [6, 6.07) is 0.726. The molecule has 0 saturated heterocycles. The van der Waals surface area contributed by atoms with E-state index in [1.54, 1.807) is 6.20 Å². The first kappa shape index (κ1) is 16.8. The molecule has 2 aromatic heterocycles. The van der Waals surface area contributed by atoms with Crippen LogP contribution in [0, 0.1) is 0 Å². The van der Waals surface area contributed by atoms with Crippen molar-refractivity contribution in [1.29, 1.82) is 0 Å². The van der Waals surface area contributed by atoms with E-state index >= 15 is 0 Å². The largest absolute Gasteiger partial charge is 0.354 e. The van der Waals surface area contributed by atoms with Crippen molar-refractivity contribution in [3.63, 3.8) is 0 Å². The lowest BCUT2D eigenvalue weighted by Crippen LogP contribution is -2.36. The summed E-state index contributed by atoms with van der Waals surface area (Å²) in [5.74, 6) is 0. The van der Waals surface area contributed by atoms with Crippen LogP contribution in [0.5, 0.6) is 0 Å². The predicted molar refractivity (Wildman–Crippen MR) is 93.3 cm³/mol. The number of hydrogen-bond acceptors (Lipinski definition) is 9. The van der Waals surface area contributed by atoms with Crippen molar-refractivity contribution in [2.24, 2.45) is 10.2 Å². The van der Waals surface area contributed by atoms with E-state index in [1.165, 1.54) is 22.7 Å². The van der Waals surface area contributed by atoms with Crippen molar-refractivity contribution in [2.75, 3.05) is 23.9 Å². The van der Waals surface area contributed by atoms with E-state index in [0.717, 1.165) is 15.3 Å². The highest BCUT2D eigenvalue weighted by molar-refractivity contribution is 7.19. The van der Waals surface area contributed by atoms with Crippen molar-refractivity contribution in [2.45, 2.75) is 39.8 Å². The van der Waals surface area contributed by atoms with E-state index in [0.29, 0.717) is 17.2 Å². The Hall–Kier alpha value is -1.61. The standard InChI is InChI=1S/C13H21N7S2/c1-8(2)20(9(3)4)13-18-17-11(22-13)16-15-10-7-14-12(21-10)19(5)6/h7-9H,1-6H3/b16-15+. The van der Waals surface area contributed by atoms with Gasteiger partial charge < -0.3 is 9.80 Å². The number of thiazole rings is 1. The van der Waals surface area contributed by atoms with Crippen LogP contribution in [0.2, 0.25) is 0 Å². The molecule has 0 amide bonds. The van der Waals surface area contributed by atoms with E-state index in [4.69, 9.17) is 0 Å². The lowest BCUT2D eigenvalue weighted by molar-refractivity contribution is 0.603. The molecule has 0 aliphatic heterocycles. The van der Waals surface area contributed by atoms with Gasteiger partial charge in [-0.1, -0.05) is 22.7 Å². The molecule has 2 heterocycles. The molecule has 0 unspecified atom stereocenters. The molecule has 0 aliphatic rings. The fourth-order valence-electron chi connectivity index (χ4n) is 1.99. The van der Waals surface area contributed by atoms with Gasteiger partial charge >= 0.3 is 0 Å². The molecule has 0 aliphatic carbocycles. The normalized spacial score (nSPS) is 11.8. The van der Waals surface area contributed by atoms with Crippen LogP contribution >= 0.6 is 22.7 Å². The van der Waals surface area contributed by atoms with E-state index in [1.807, 2.05) is 19.0 Å². The summed E-state index contributed by atoms with van der Waals surface area (Å²) >= 11 is 2.93. The quantitative estimate of drug-likeness (QED) is 0.741. The van der Waals surface area contributed by atoms with E-state index in [9.17, 15) is 0 Å². The summed E-state index contributed by atoms with van der Waals surface area (Å²) in [6.45, 7) is 8.57. The summed E-state index contributed by atoms with van der Waals surface area (Å²) in [6.07, 6.45) is 1.71. The predicted octanol–water partition coefficient (Wildman–Crippen LogP) is 4.10. The average molecular weight is 339 g/mol. The van der Waals surface area contributed by atoms with Crippen LogP contribution in [-0.2, 0) is 0 Å². The van der Waals surface area contributed by atoms with Gasteiger partial charge in [0.1, 0.15) is 0 Å². The van der Waals surface area contributed by atoms with Crippen molar-refractivity contribution >= 4 is 43.1 Å². The van der Waals surface area contributed by atoms with Crippen molar-refractivity contribution < 1.29 is 0 Å². The lowest BCUT2D eigenvalue weighted by Gasteiger charge is -2.29. The van der Waals surface area contributed by atoms with Crippen LogP contribution in [0.4, 0.5) is 20.4 Å². The summed E-state index contributed by atoms with van der Waals surface area (Å²) in [5, 5.41) is 19.8. The van der Waals surface area contributed by atoms with Gasteiger partial charge in [0, 0.05) is 26.2 Å². The van der Waals surface area contributed by atoms with Gasteiger partial charge in [-0.3, -0.25) is 0 Å². The zero-order chi connectivity index (χ0) is 16.3. The third-order valence-corrected chi connectivity index (χ3v) is 4.71. The minimum absolute atomic E-state index is 0.363. The monoisotopic (exact) mass is 339 g/mol. The Kier molecular flexibility index (Phi) is 5.41. The Balaban J connectivity index is 2.12. The van der Waals surface area contributed by atoms with Crippen LogP contribution in [0.25, 0.3) is 0 Å². The number of hydrogen-bond donors (Lipinski definition) is 0. The highest BCUT2D eigenvalue weighted by atomic mass is 32.1. The third kappa shape index (κ3) is 3.98. The molecule has 22 heavy (non-hydrogen) atoms. The van der Waals surface area contributed by atoms with Gasteiger partial charge in [-0.2, -0.15) is 0 Å². The van der Waals surface area contributed by atoms with Gasteiger partial charge in [0.2, 0.25) is 5.13 Å². The average Bonchev–Trinajstić information content (AvgIpc) is 3.04. The van der Waals surface area contributed by atoms with Crippen molar-refractivity contribution in [3.05, 3.63) is 6.20 Å². The molecule has 0 atom stereocenters. The van der Waals surface area contributed by atoms with Gasteiger partial charge in [0.05, 0.1) is 6.20 Å². The van der Waals surface area contributed by atoms with Crippen molar-refractivity contribution in [3.8, 4) is 0 Å². The molecule has 0 spiro atoms. The van der Waals surface area contributed by atoms with Gasteiger partial charge in [-0.05, 0) is 27.7 Å². The van der Waals surface area contributed by atoms with E-state index in [-0.39, 0.29) is 0 Å². The number of azo groups is 1. The van der Waals surface area contributed by atoms with Crippen LogP contribution in [0.1, 0.15) is 27.7 Å². The number of rotatable bonds is 6. The highest BCUT2D eigenvalue weighted by Gasteiger charge is 2.18. The lowest BCUT2D eigenvalue weighted by atomic mass is 10.2. The fraction of sp³-hybridized carbons (Fsp3) is 0.615. The Bertz CT molecular complexity index is 622. The molecule has 0 radical (unpaired) electrons. The highest BCUT2D eigenvalue weighted by Crippen LogP contribution is 2.32. The zero-order valence-electron chi connectivity index (χ0n) is 13.7. The molecule has 0 bridgehead atoms. The fourth-order valence-corrected chi connectivity index (χ4v) is 3.59. The Labute approximate surface area is 138 Å². The van der Waals surface area contributed by atoms with Gasteiger partial charge in [-0.25, -0.2) is 4.98 Å². The molecule has 120 valence electrons. The summed E-state index contributed by atoms with van der Waals surface area (Å²) in [7, 11) is 3.90. The molecule has 0 aromatic carbocycles. The second-order valence-electron chi connectivity index (χ2n) is 5.54. The van der Waals surface area contributed by atoms with Crippen LogP contribution in [0.15, 0.2) is 16.4 Å². The van der Waals surface area contributed by atoms with E-state index < -0.39 is 0 Å². The summed E-state index contributed by atoms with van der Waals surface area (Å²) in [4.78, 5) is 8.41. The minimum atomic E-state index is 0.363. The van der Waals surface area contributed by atoms with Crippen LogP contribution in [0.3, 0.4) is 0 Å². The molecule has 2 aromatic rings. The van der Waals surface area contributed by atoms with E-state index in [2.05, 4.69) is 58.0 Å². The zero-order valence-corrected chi connectivity index (χ0v) is 15.3. The maximum atomic E-state index is 4.26. The molecular formula is C13H21N7S2. The summed E-state index contributed by atoms with van der Waals surface area (Å²) < 4.78 is 0. The smallest absolute Gasteiger partial charge is 0.253 e. The number of aromatic nitrogens is 3. The molecular weight excluding hydrogens is 318 g/mol. The van der Waals surface area contributed by atoms with Crippen LogP contribution < -0.4 is 9.80 Å². The first-order valence-corrected chi connectivity index (χ1v) is 8.68. The van der Waals surface area contributed by atoms with Crippen molar-refractivity contribution in [1.82, 2.24) is 15.2 Å². The molecule has 0 N–H and O–H groups in total. The maximum Gasteiger partial charge on any atom is 0.253 e. The number of anilines is 2. The third-order valence-electron chi connectivity index (χ3n) is 2.84. The first-order valence-electron chi connectivity index (χ1n) is 7.05. The topological polar surface area (TPSA) is 69.9 Å². The first-order chi connectivity index (χ1) is 10.4. The second-order valence-corrected chi connectivity index (χ2v) is 7.46. The molecule has 0 saturated carbocycles. The minimum Gasteiger partial charge on any atom is -0.354 e. The maximum absolute atomic E-state index is 4.26. The summed E-state index contributed by atoms with van der Waals surface area (Å²) in [5.41, 5.74) is 0. The van der Waals surface area contributed by atoms with Gasteiger partial charge in [0.25, 0.3) is 5.13 Å². The Morgan fingerprint density at radius 3 is 2.18 bits per heavy atom.